The number of nitrogen functional groups attached to an aromatic ring is 1. The average Bonchev–Trinajstić information content (AvgIpc) is 2.77. The number of nitrogens with two attached hydrogens (primary N) is 1. The highest BCUT2D eigenvalue weighted by atomic mass is 16.3. The van der Waals surface area contributed by atoms with Gasteiger partial charge in [-0.3, -0.25) is 0 Å². The van der Waals surface area contributed by atoms with Gasteiger partial charge >= 0.3 is 0 Å². The minimum atomic E-state index is 0.156. The Kier molecular flexibility index (Phi) is 3.38. The van der Waals surface area contributed by atoms with E-state index in [2.05, 4.69) is 19.9 Å². The van der Waals surface area contributed by atoms with Gasteiger partial charge in [0.15, 0.2) is 11.5 Å². The normalized spacial score (nSPS) is 10.9. The Morgan fingerprint density at radius 2 is 2.29 bits per heavy atom. The molecule has 0 aromatic carbocycles. The van der Waals surface area contributed by atoms with Crippen molar-refractivity contribution >= 4 is 22.9 Å². The number of anilines is 2. The van der Waals surface area contributed by atoms with E-state index in [9.17, 15) is 0 Å². The second-order valence-electron chi connectivity index (χ2n) is 3.66. The molecule has 2 aromatic heterocycles. The maximum absolute atomic E-state index is 8.88. The van der Waals surface area contributed by atoms with Crippen molar-refractivity contribution in [3.8, 4) is 0 Å². The highest BCUT2D eigenvalue weighted by Gasteiger charge is 2.13. The lowest BCUT2D eigenvalue weighted by Gasteiger charge is -2.21. The van der Waals surface area contributed by atoms with Gasteiger partial charge in [-0.2, -0.15) is 9.97 Å². The third-order valence-corrected chi connectivity index (χ3v) is 2.55. The van der Waals surface area contributed by atoms with Crippen LogP contribution in [0.2, 0.25) is 0 Å². The Labute approximate surface area is 98.7 Å². The number of fused-ring (bicyclic) bond motifs is 1. The van der Waals surface area contributed by atoms with Gasteiger partial charge in [0, 0.05) is 19.7 Å². The Morgan fingerprint density at radius 1 is 1.47 bits per heavy atom. The maximum Gasteiger partial charge on any atom is 0.224 e. The van der Waals surface area contributed by atoms with Gasteiger partial charge in [0.25, 0.3) is 0 Å². The van der Waals surface area contributed by atoms with Gasteiger partial charge in [-0.25, -0.2) is 4.98 Å². The van der Waals surface area contributed by atoms with E-state index in [1.54, 1.807) is 6.33 Å². The number of H-pyrrole nitrogens is 1. The smallest absolute Gasteiger partial charge is 0.224 e. The van der Waals surface area contributed by atoms with Crippen molar-refractivity contribution in [2.24, 2.45) is 0 Å². The zero-order chi connectivity index (χ0) is 12.3. The molecule has 0 amide bonds. The Hall–Kier alpha value is -1.89. The number of aliphatic hydroxyl groups is 1. The molecule has 7 heteroatoms. The number of imidazole rings is 1. The van der Waals surface area contributed by atoms with Gasteiger partial charge in [-0.1, -0.05) is 0 Å². The number of nitrogens with zero attached hydrogens (tertiary/aromatic N) is 4. The van der Waals surface area contributed by atoms with E-state index in [-0.39, 0.29) is 12.6 Å². The molecule has 7 nitrogen and oxygen atoms in total. The third kappa shape index (κ3) is 2.28. The summed E-state index contributed by atoms with van der Waals surface area (Å²) in [5, 5.41) is 8.88. The molecule has 2 aromatic rings. The van der Waals surface area contributed by atoms with Crippen LogP contribution in [0.25, 0.3) is 11.2 Å². The fourth-order valence-corrected chi connectivity index (χ4v) is 1.74. The summed E-state index contributed by atoms with van der Waals surface area (Å²) in [6, 6.07) is 0. The third-order valence-electron chi connectivity index (χ3n) is 2.55. The van der Waals surface area contributed by atoms with E-state index < -0.39 is 0 Å². The summed E-state index contributed by atoms with van der Waals surface area (Å²) in [5.41, 5.74) is 6.99. The summed E-state index contributed by atoms with van der Waals surface area (Å²) in [6.45, 7) is 3.68. The molecule has 0 radical (unpaired) electrons. The molecule has 0 bridgehead atoms. The summed E-state index contributed by atoms with van der Waals surface area (Å²) in [7, 11) is 0. The number of hydrogen-bond donors (Lipinski definition) is 3. The first-order valence-electron chi connectivity index (χ1n) is 5.58. The lowest BCUT2D eigenvalue weighted by atomic mass is 10.3. The van der Waals surface area contributed by atoms with E-state index in [1.165, 1.54) is 0 Å². The van der Waals surface area contributed by atoms with Crippen molar-refractivity contribution in [3.63, 3.8) is 0 Å². The van der Waals surface area contributed by atoms with Crippen molar-refractivity contribution in [2.75, 3.05) is 30.3 Å². The number of rotatable bonds is 5. The lowest BCUT2D eigenvalue weighted by Crippen LogP contribution is -2.26. The van der Waals surface area contributed by atoms with Crippen molar-refractivity contribution in [3.05, 3.63) is 6.33 Å². The number of nitrogens with one attached hydrogen (secondary N) is 1. The molecule has 4 N–H and O–H groups in total. The Balaban J connectivity index is 2.40. The van der Waals surface area contributed by atoms with Crippen molar-refractivity contribution in [2.45, 2.75) is 13.3 Å². The van der Waals surface area contributed by atoms with Crippen molar-refractivity contribution in [1.29, 1.82) is 0 Å². The van der Waals surface area contributed by atoms with E-state index >= 15 is 0 Å². The van der Waals surface area contributed by atoms with E-state index in [1.807, 2.05) is 11.8 Å². The molecule has 0 fully saturated rings. The van der Waals surface area contributed by atoms with Crippen LogP contribution in [0.5, 0.6) is 0 Å². The lowest BCUT2D eigenvalue weighted by molar-refractivity contribution is 0.289. The predicted octanol–water partition coefficient (Wildman–Crippen LogP) is 0.144. The number of aromatic amines is 1. The summed E-state index contributed by atoms with van der Waals surface area (Å²) in [5.74, 6) is 0.947. The van der Waals surface area contributed by atoms with Crippen LogP contribution in [0.4, 0.5) is 11.8 Å². The van der Waals surface area contributed by atoms with Crippen molar-refractivity contribution < 1.29 is 5.11 Å². The summed E-state index contributed by atoms with van der Waals surface area (Å²) in [6.07, 6.45) is 2.26. The second kappa shape index (κ2) is 4.96. The van der Waals surface area contributed by atoms with Crippen LogP contribution >= 0.6 is 0 Å². The fraction of sp³-hybridized carbons (Fsp3) is 0.500. The van der Waals surface area contributed by atoms with Gasteiger partial charge < -0.3 is 20.7 Å². The predicted molar refractivity (Wildman–Crippen MR) is 65.7 cm³/mol. The largest absolute Gasteiger partial charge is 0.396 e. The molecule has 92 valence electrons. The van der Waals surface area contributed by atoms with Crippen LogP contribution in [0.1, 0.15) is 13.3 Å². The van der Waals surface area contributed by atoms with Crippen molar-refractivity contribution in [1.82, 2.24) is 19.9 Å². The molecule has 0 aliphatic rings. The molecule has 2 rings (SSSR count). The Bertz CT molecular complexity index is 497. The van der Waals surface area contributed by atoms with Crippen LogP contribution in [0.3, 0.4) is 0 Å². The highest BCUT2D eigenvalue weighted by Crippen LogP contribution is 2.21. The zero-order valence-electron chi connectivity index (χ0n) is 9.72. The van der Waals surface area contributed by atoms with Crippen LogP contribution < -0.4 is 10.6 Å². The first-order valence-corrected chi connectivity index (χ1v) is 5.58. The minimum absolute atomic E-state index is 0.156. The molecule has 0 aliphatic heterocycles. The minimum Gasteiger partial charge on any atom is -0.396 e. The van der Waals surface area contributed by atoms with E-state index in [0.29, 0.717) is 12.1 Å². The van der Waals surface area contributed by atoms with Gasteiger partial charge in [0.2, 0.25) is 5.95 Å². The summed E-state index contributed by atoms with van der Waals surface area (Å²) >= 11 is 0. The van der Waals surface area contributed by atoms with Crippen LogP contribution in [-0.4, -0.2) is 44.7 Å². The molecule has 17 heavy (non-hydrogen) atoms. The molecule has 0 aliphatic carbocycles. The number of hydrogen-bond acceptors (Lipinski definition) is 6. The van der Waals surface area contributed by atoms with Gasteiger partial charge in [-0.05, 0) is 13.3 Å². The molecular formula is C10H16N6O. The molecule has 0 saturated carbocycles. The van der Waals surface area contributed by atoms with Crippen LogP contribution in [0, 0.1) is 0 Å². The maximum atomic E-state index is 8.88. The molecule has 2 heterocycles. The average molecular weight is 236 g/mol. The van der Waals surface area contributed by atoms with E-state index in [0.717, 1.165) is 24.4 Å². The molecule has 0 atom stereocenters. The molecule has 0 spiro atoms. The van der Waals surface area contributed by atoms with Gasteiger partial charge in [0.05, 0.1) is 6.33 Å². The Morgan fingerprint density at radius 3 is 3.00 bits per heavy atom. The topological polar surface area (TPSA) is 104 Å². The highest BCUT2D eigenvalue weighted by molar-refractivity contribution is 5.84. The zero-order valence-corrected chi connectivity index (χ0v) is 9.72. The SMILES string of the molecule is CCN(CCCO)c1nc(N)nc2nc[nH]c12. The standard InChI is InChI=1S/C10H16N6O/c1-2-16(4-3-5-17)9-7-8(13-6-12-7)14-10(11)15-9/h6,17H,2-5H2,1H3,(H3,11,12,13,14,15). The van der Waals surface area contributed by atoms with Crippen LogP contribution in [0.15, 0.2) is 6.33 Å². The van der Waals surface area contributed by atoms with E-state index in [4.69, 9.17) is 10.8 Å². The number of aromatic nitrogens is 4. The monoisotopic (exact) mass is 236 g/mol. The second-order valence-corrected chi connectivity index (χ2v) is 3.66. The first kappa shape index (κ1) is 11.6. The summed E-state index contributed by atoms with van der Waals surface area (Å²) < 4.78 is 0. The number of aliphatic hydroxyl groups excluding tert-OH is 1. The molecular weight excluding hydrogens is 220 g/mol. The van der Waals surface area contributed by atoms with Gasteiger partial charge in [-0.15, -0.1) is 0 Å². The van der Waals surface area contributed by atoms with Gasteiger partial charge in [0.1, 0.15) is 5.52 Å². The summed E-state index contributed by atoms with van der Waals surface area (Å²) in [4.78, 5) is 17.4. The molecule has 0 unspecified atom stereocenters. The first-order chi connectivity index (χ1) is 8.26. The quantitative estimate of drug-likeness (QED) is 0.682. The molecule has 0 saturated heterocycles. The fourth-order valence-electron chi connectivity index (χ4n) is 1.74. The van der Waals surface area contributed by atoms with Crippen LogP contribution in [-0.2, 0) is 0 Å².